The number of hydrogen-bond donors (Lipinski definition) is 2. The van der Waals surface area contributed by atoms with Crippen molar-refractivity contribution in [2.75, 3.05) is 11.1 Å². The first-order valence-corrected chi connectivity index (χ1v) is 5.85. The molecule has 5 heteroatoms. The van der Waals surface area contributed by atoms with Crippen molar-refractivity contribution in [3.63, 3.8) is 0 Å². The van der Waals surface area contributed by atoms with E-state index in [0.29, 0.717) is 22.1 Å². The van der Waals surface area contributed by atoms with Crippen molar-refractivity contribution < 1.29 is 4.79 Å². The van der Waals surface area contributed by atoms with E-state index in [9.17, 15) is 4.79 Å². The van der Waals surface area contributed by atoms with Crippen LogP contribution in [0.3, 0.4) is 0 Å². The molecule has 1 aromatic carbocycles. The van der Waals surface area contributed by atoms with Gasteiger partial charge in [-0.3, -0.25) is 4.79 Å². The van der Waals surface area contributed by atoms with Gasteiger partial charge >= 0.3 is 0 Å². The summed E-state index contributed by atoms with van der Waals surface area (Å²) in [6.45, 7) is 1.86. The Kier molecular flexibility index (Phi) is 3.30. The van der Waals surface area contributed by atoms with Gasteiger partial charge in [0.1, 0.15) is 5.69 Å². The van der Waals surface area contributed by atoms with Crippen LogP contribution < -0.4 is 11.1 Å². The van der Waals surface area contributed by atoms with Gasteiger partial charge in [0.15, 0.2) is 0 Å². The van der Waals surface area contributed by atoms with Gasteiger partial charge in [-0.25, -0.2) is 0 Å². The molecule has 0 saturated carbocycles. The fourth-order valence-corrected chi connectivity index (χ4v) is 1.92. The highest BCUT2D eigenvalue weighted by atomic mass is 35.5. The molecule has 0 unspecified atom stereocenters. The van der Waals surface area contributed by atoms with Crippen molar-refractivity contribution in [2.24, 2.45) is 7.05 Å². The van der Waals surface area contributed by atoms with E-state index in [4.69, 9.17) is 17.3 Å². The van der Waals surface area contributed by atoms with Gasteiger partial charge in [0, 0.05) is 24.0 Å². The van der Waals surface area contributed by atoms with Gasteiger partial charge in [0.25, 0.3) is 5.91 Å². The van der Waals surface area contributed by atoms with Crippen LogP contribution in [0.15, 0.2) is 30.5 Å². The Balaban J connectivity index is 2.27. The predicted octanol–water partition coefficient (Wildman–Crippen LogP) is 2.82. The van der Waals surface area contributed by atoms with Crippen LogP contribution in [-0.2, 0) is 7.05 Å². The Morgan fingerprint density at radius 3 is 2.78 bits per heavy atom. The quantitative estimate of drug-likeness (QED) is 0.875. The van der Waals surface area contributed by atoms with Gasteiger partial charge in [-0.1, -0.05) is 17.7 Å². The lowest BCUT2D eigenvalue weighted by Crippen LogP contribution is -2.16. The molecule has 0 aliphatic heterocycles. The molecular weight excluding hydrogens is 250 g/mol. The smallest absolute Gasteiger partial charge is 0.272 e. The van der Waals surface area contributed by atoms with E-state index in [1.807, 2.05) is 13.0 Å². The number of nitrogens with one attached hydrogen (secondary N) is 1. The van der Waals surface area contributed by atoms with Crippen molar-refractivity contribution in [3.05, 3.63) is 46.7 Å². The molecular formula is C13H14ClN3O. The molecule has 1 heterocycles. The van der Waals surface area contributed by atoms with E-state index in [1.54, 1.807) is 36.0 Å². The molecule has 94 valence electrons. The second-order valence-corrected chi connectivity index (χ2v) is 4.54. The Bertz CT molecular complexity index is 604. The number of rotatable bonds is 2. The Labute approximate surface area is 110 Å². The number of halogens is 1. The summed E-state index contributed by atoms with van der Waals surface area (Å²) in [5, 5.41) is 3.45. The number of nitrogens with zero attached hydrogens (tertiary/aromatic N) is 1. The summed E-state index contributed by atoms with van der Waals surface area (Å²) in [5.74, 6) is -0.209. The zero-order valence-electron chi connectivity index (χ0n) is 10.2. The van der Waals surface area contributed by atoms with E-state index < -0.39 is 0 Å². The summed E-state index contributed by atoms with van der Waals surface area (Å²) in [7, 11) is 1.77. The molecule has 0 bridgehead atoms. The maximum Gasteiger partial charge on any atom is 0.272 e. The summed E-state index contributed by atoms with van der Waals surface area (Å²) in [6.07, 6.45) is 1.69. The molecule has 0 aliphatic rings. The fourth-order valence-electron chi connectivity index (χ4n) is 1.75. The van der Waals surface area contributed by atoms with Crippen LogP contribution in [0.5, 0.6) is 0 Å². The van der Waals surface area contributed by atoms with Crippen LogP contribution in [0, 0.1) is 6.92 Å². The van der Waals surface area contributed by atoms with Crippen molar-refractivity contribution in [3.8, 4) is 0 Å². The van der Waals surface area contributed by atoms with Crippen LogP contribution >= 0.6 is 11.6 Å². The molecule has 1 amide bonds. The van der Waals surface area contributed by atoms with E-state index in [2.05, 4.69) is 5.32 Å². The predicted molar refractivity (Wildman–Crippen MR) is 74.0 cm³/mol. The molecule has 0 saturated heterocycles. The van der Waals surface area contributed by atoms with E-state index >= 15 is 0 Å². The molecule has 0 atom stereocenters. The normalized spacial score (nSPS) is 10.4. The zero-order chi connectivity index (χ0) is 13.3. The molecule has 4 nitrogen and oxygen atoms in total. The number of amides is 1. The number of hydrogen-bond acceptors (Lipinski definition) is 2. The minimum Gasteiger partial charge on any atom is -0.397 e. The van der Waals surface area contributed by atoms with E-state index in [-0.39, 0.29) is 5.91 Å². The number of carbonyl (C=O) groups is 1. The van der Waals surface area contributed by atoms with Gasteiger partial charge in [-0.15, -0.1) is 0 Å². The molecule has 0 spiro atoms. The number of carbonyl (C=O) groups excluding carboxylic acids is 1. The number of aryl methyl sites for hydroxylation is 1. The van der Waals surface area contributed by atoms with Crippen LogP contribution in [0.1, 0.15) is 16.1 Å². The SMILES string of the molecule is Cc1c(Cl)cccc1NC(=O)c1cc(N)cn1C. The number of nitrogens with two attached hydrogens (primary N) is 1. The summed E-state index contributed by atoms with van der Waals surface area (Å²) in [5.41, 5.74) is 8.25. The maximum atomic E-state index is 12.1. The monoisotopic (exact) mass is 263 g/mol. The zero-order valence-corrected chi connectivity index (χ0v) is 11.0. The Morgan fingerprint density at radius 2 is 2.17 bits per heavy atom. The molecule has 0 aliphatic carbocycles. The Hall–Kier alpha value is -1.94. The first-order chi connectivity index (χ1) is 8.49. The summed E-state index contributed by atoms with van der Waals surface area (Å²) in [4.78, 5) is 12.1. The lowest BCUT2D eigenvalue weighted by Gasteiger charge is -2.09. The number of nitrogen functional groups attached to an aromatic ring is 1. The van der Waals surface area contributed by atoms with Crippen molar-refractivity contribution in [1.29, 1.82) is 0 Å². The average Bonchev–Trinajstić information content (AvgIpc) is 2.64. The lowest BCUT2D eigenvalue weighted by molar-refractivity contribution is 0.101. The highest BCUT2D eigenvalue weighted by Gasteiger charge is 2.12. The maximum absolute atomic E-state index is 12.1. The minimum atomic E-state index is -0.209. The number of benzene rings is 1. The van der Waals surface area contributed by atoms with Gasteiger partial charge in [0.05, 0.1) is 5.69 Å². The van der Waals surface area contributed by atoms with Gasteiger partial charge in [-0.2, -0.15) is 0 Å². The largest absolute Gasteiger partial charge is 0.397 e. The first kappa shape index (κ1) is 12.5. The standard InChI is InChI=1S/C13H14ClN3O/c1-8-10(14)4-3-5-11(8)16-13(18)12-6-9(15)7-17(12)2/h3-7H,15H2,1-2H3,(H,16,18). The van der Waals surface area contributed by atoms with Gasteiger partial charge in [-0.05, 0) is 30.7 Å². The van der Waals surface area contributed by atoms with Crippen molar-refractivity contribution >= 4 is 28.9 Å². The molecule has 0 radical (unpaired) electrons. The van der Waals surface area contributed by atoms with E-state index in [1.165, 1.54) is 0 Å². The second kappa shape index (κ2) is 4.74. The summed E-state index contributed by atoms with van der Waals surface area (Å²) >= 11 is 6.00. The van der Waals surface area contributed by atoms with Crippen molar-refractivity contribution in [1.82, 2.24) is 4.57 Å². The first-order valence-electron chi connectivity index (χ1n) is 5.47. The van der Waals surface area contributed by atoms with E-state index in [0.717, 1.165) is 5.56 Å². The van der Waals surface area contributed by atoms with Crippen molar-refractivity contribution in [2.45, 2.75) is 6.92 Å². The number of anilines is 2. The summed E-state index contributed by atoms with van der Waals surface area (Å²) < 4.78 is 1.69. The third-order valence-electron chi connectivity index (χ3n) is 2.77. The van der Waals surface area contributed by atoms with Crippen LogP contribution in [-0.4, -0.2) is 10.5 Å². The third-order valence-corrected chi connectivity index (χ3v) is 3.18. The highest BCUT2D eigenvalue weighted by Crippen LogP contribution is 2.23. The molecule has 18 heavy (non-hydrogen) atoms. The second-order valence-electron chi connectivity index (χ2n) is 4.14. The van der Waals surface area contributed by atoms with Crippen LogP contribution in [0.2, 0.25) is 5.02 Å². The minimum absolute atomic E-state index is 0.209. The van der Waals surface area contributed by atoms with Crippen LogP contribution in [0.4, 0.5) is 11.4 Å². The average molecular weight is 264 g/mol. The molecule has 2 rings (SSSR count). The molecule has 3 N–H and O–H groups in total. The highest BCUT2D eigenvalue weighted by molar-refractivity contribution is 6.31. The van der Waals surface area contributed by atoms with Gasteiger partial charge < -0.3 is 15.6 Å². The van der Waals surface area contributed by atoms with Crippen LogP contribution in [0.25, 0.3) is 0 Å². The Morgan fingerprint density at radius 1 is 1.44 bits per heavy atom. The van der Waals surface area contributed by atoms with Gasteiger partial charge in [0.2, 0.25) is 0 Å². The topological polar surface area (TPSA) is 60.1 Å². The lowest BCUT2D eigenvalue weighted by atomic mass is 10.2. The molecule has 2 aromatic rings. The third kappa shape index (κ3) is 2.33. The molecule has 0 fully saturated rings. The summed E-state index contributed by atoms with van der Waals surface area (Å²) in [6, 6.07) is 7.03. The number of aromatic nitrogens is 1. The fraction of sp³-hybridized carbons (Fsp3) is 0.154. The molecule has 1 aromatic heterocycles.